The molecule has 2 aromatic heterocycles. The first-order valence-electron chi connectivity index (χ1n) is 10.8. The van der Waals surface area contributed by atoms with E-state index in [9.17, 15) is 4.79 Å². The third-order valence-corrected chi connectivity index (χ3v) is 5.74. The van der Waals surface area contributed by atoms with Gasteiger partial charge in [0, 0.05) is 37.3 Å². The fourth-order valence-corrected chi connectivity index (χ4v) is 4.08. The van der Waals surface area contributed by atoms with Crippen LogP contribution in [0, 0.1) is 0 Å². The molecular weight excluding hydrogens is 450 g/mol. The lowest BCUT2D eigenvalue weighted by atomic mass is 10.1. The number of benzene rings is 3. The van der Waals surface area contributed by atoms with Gasteiger partial charge in [-0.1, -0.05) is 48.0 Å². The molecule has 3 aromatic carbocycles. The van der Waals surface area contributed by atoms with Crippen LogP contribution in [-0.2, 0) is 11.3 Å². The Morgan fingerprint density at radius 3 is 2.74 bits per heavy atom. The van der Waals surface area contributed by atoms with Crippen LogP contribution in [0.1, 0.15) is 6.92 Å². The fourth-order valence-electron chi connectivity index (χ4n) is 3.86. The van der Waals surface area contributed by atoms with Crippen LogP contribution in [0.5, 0.6) is 11.5 Å². The van der Waals surface area contributed by atoms with Gasteiger partial charge in [0.15, 0.2) is 5.82 Å². The van der Waals surface area contributed by atoms with Crippen LogP contribution in [0.2, 0.25) is 5.02 Å². The molecule has 0 aliphatic carbocycles. The third kappa shape index (κ3) is 4.51. The molecule has 0 saturated heterocycles. The van der Waals surface area contributed by atoms with Gasteiger partial charge >= 0.3 is 0 Å². The zero-order chi connectivity index (χ0) is 23.5. The highest BCUT2D eigenvalue weighted by molar-refractivity contribution is 6.32. The Morgan fingerprint density at radius 2 is 1.88 bits per heavy atom. The number of carbonyl (C=O) groups is 1. The molecule has 0 spiro atoms. The second kappa shape index (κ2) is 9.41. The highest BCUT2D eigenvalue weighted by Crippen LogP contribution is 2.36. The summed E-state index contributed by atoms with van der Waals surface area (Å²) >= 11 is 6.58. The molecule has 8 heteroatoms. The van der Waals surface area contributed by atoms with Gasteiger partial charge in [0.1, 0.15) is 23.3 Å². The van der Waals surface area contributed by atoms with Crippen LogP contribution in [0.15, 0.2) is 79.3 Å². The zero-order valence-electron chi connectivity index (χ0n) is 18.5. The molecule has 1 amide bonds. The molecule has 0 bridgehead atoms. The van der Waals surface area contributed by atoms with Crippen molar-refractivity contribution in [3.8, 4) is 11.5 Å². The minimum atomic E-state index is -0.0634. The summed E-state index contributed by atoms with van der Waals surface area (Å²) in [4.78, 5) is 20.0. The number of anilines is 2. The number of hydrogen-bond donors (Lipinski definition) is 2. The number of nitrogens with zero attached hydrogens (tertiary/aromatic N) is 3. The summed E-state index contributed by atoms with van der Waals surface area (Å²) in [5.74, 6) is 1.90. The van der Waals surface area contributed by atoms with Gasteiger partial charge in [-0.3, -0.25) is 4.79 Å². The standard InChI is InChI=1S/C26H22ClN5O2/c1-17(33)28-12-14-32-13-11-22-25(32)26(30-16-29-22)31-19-9-10-24(21(27)15-19)34-23-8-4-6-18-5-2-3-7-20(18)23/h2-11,13,15-16H,12,14H2,1H3,(H,28,33)(H,29,30,31). The lowest BCUT2D eigenvalue weighted by molar-refractivity contribution is -0.118. The molecule has 0 saturated carbocycles. The van der Waals surface area contributed by atoms with E-state index in [1.165, 1.54) is 13.3 Å². The summed E-state index contributed by atoms with van der Waals surface area (Å²) in [5.41, 5.74) is 2.42. The number of ether oxygens (including phenoxy) is 1. The number of aromatic nitrogens is 3. The van der Waals surface area contributed by atoms with Gasteiger partial charge in [-0.25, -0.2) is 9.97 Å². The van der Waals surface area contributed by atoms with E-state index in [4.69, 9.17) is 16.3 Å². The second-order valence-electron chi connectivity index (χ2n) is 7.80. The molecule has 5 rings (SSSR count). The fraction of sp³-hybridized carbons (Fsp3) is 0.115. The molecule has 170 valence electrons. The van der Waals surface area contributed by atoms with E-state index in [-0.39, 0.29) is 5.91 Å². The Labute approximate surface area is 201 Å². The van der Waals surface area contributed by atoms with Gasteiger partial charge in [0.05, 0.1) is 10.5 Å². The number of nitrogens with one attached hydrogen (secondary N) is 2. The van der Waals surface area contributed by atoms with Crippen molar-refractivity contribution in [2.24, 2.45) is 0 Å². The topological polar surface area (TPSA) is 81.1 Å². The maximum atomic E-state index is 11.2. The molecule has 0 atom stereocenters. The molecule has 0 unspecified atom stereocenters. The smallest absolute Gasteiger partial charge is 0.216 e. The van der Waals surface area contributed by atoms with Gasteiger partial charge in [0.25, 0.3) is 0 Å². The van der Waals surface area contributed by atoms with E-state index in [2.05, 4.69) is 20.6 Å². The number of fused-ring (bicyclic) bond motifs is 2. The van der Waals surface area contributed by atoms with Crippen LogP contribution in [-0.4, -0.2) is 27.0 Å². The predicted octanol–water partition coefficient (Wildman–Crippen LogP) is 5.91. The molecule has 0 aliphatic rings. The summed E-state index contributed by atoms with van der Waals surface area (Å²) < 4.78 is 8.15. The third-order valence-electron chi connectivity index (χ3n) is 5.44. The minimum absolute atomic E-state index is 0.0634. The molecule has 0 radical (unpaired) electrons. The second-order valence-corrected chi connectivity index (χ2v) is 8.20. The van der Waals surface area contributed by atoms with E-state index in [0.717, 1.165) is 33.2 Å². The van der Waals surface area contributed by atoms with E-state index >= 15 is 0 Å². The number of hydrogen-bond acceptors (Lipinski definition) is 5. The molecule has 2 N–H and O–H groups in total. The van der Waals surface area contributed by atoms with Gasteiger partial charge in [-0.2, -0.15) is 0 Å². The van der Waals surface area contributed by atoms with Crippen LogP contribution >= 0.6 is 11.6 Å². The molecule has 0 aliphatic heterocycles. The van der Waals surface area contributed by atoms with Crippen LogP contribution in [0.4, 0.5) is 11.5 Å². The first kappa shape index (κ1) is 21.7. The molecule has 2 heterocycles. The van der Waals surface area contributed by atoms with Gasteiger partial charge in [-0.15, -0.1) is 0 Å². The zero-order valence-corrected chi connectivity index (χ0v) is 19.2. The van der Waals surface area contributed by atoms with Crippen molar-refractivity contribution >= 4 is 50.8 Å². The summed E-state index contributed by atoms with van der Waals surface area (Å²) in [7, 11) is 0. The normalized spacial score (nSPS) is 11.0. The number of amides is 1. The summed E-state index contributed by atoms with van der Waals surface area (Å²) in [5, 5.41) is 8.74. The van der Waals surface area contributed by atoms with Crippen molar-refractivity contribution in [1.29, 1.82) is 0 Å². The number of carbonyl (C=O) groups excluding carboxylic acids is 1. The Hall–Kier alpha value is -4.10. The van der Waals surface area contributed by atoms with E-state index in [1.807, 2.05) is 71.4 Å². The Kier molecular flexibility index (Phi) is 6.01. The first-order valence-corrected chi connectivity index (χ1v) is 11.2. The lowest BCUT2D eigenvalue weighted by Gasteiger charge is -2.13. The summed E-state index contributed by atoms with van der Waals surface area (Å²) in [6.45, 7) is 2.62. The largest absolute Gasteiger partial charge is 0.455 e. The van der Waals surface area contributed by atoms with Crippen LogP contribution in [0.3, 0.4) is 0 Å². The van der Waals surface area contributed by atoms with E-state index < -0.39 is 0 Å². The number of halogens is 1. The quantitative estimate of drug-likeness (QED) is 0.308. The maximum absolute atomic E-state index is 11.2. The molecular formula is C26H22ClN5O2. The van der Waals surface area contributed by atoms with Gasteiger partial charge in [0.2, 0.25) is 5.91 Å². The lowest BCUT2D eigenvalue weighted by Crippen LogP contribution is -2.24. The Balaban J connectivity index is 1.39. The van der Waals surface area contributed by atoms with Crippen LogP contribution < -0.4 is 15.4 Å². The SMILES string of the molecule is CC(=O)NCCn1ccc2ncnc(Nc3ccc(Oc4cccc5ccccc45)c(Cl)c3)c21. The first-order chi connectivity index (χ1) is 16.6. The van der Waals surface area contributed by atoms with Crippen molar-refractivity contribution in [3.05, 3.63) is 84.3 Å². The van der Waals surface area contributed by atoms with Crippen molar-refractivity contribution in [3.63, 3.8) is 0 Å². The van der Waals surface area contributed by atoms with Crippen molar-refractivity contribution < 1.29 is 9.53 Å². The van der Waals surface area contributed by atoms with Crippen LogP contribution in [0.25, 0.3) is 21.8 Å². The van der Waals surface area contributed by atoms with Crippen molar-refractivity contribution in [2.45, 2.75) is 13.5 Å². The molecule has 5 aromatic rings. The molecule has 34 heavy (non-hydrogen) atoms. The van der Waals surface area contributed by atoms with Crippen molar-refractivity contribution in [2.75, 3.05) is 11.9 Å². The van der Waals surface area contributed by atoms with Gasteiger partial charge in [-0.05, 0) is 35.7 Å². The van der Waals surface area contributed by atoms with Gasteiger partial charge < -0.3 is 19.9 Å². The molecule has 0 fully saturated rings. The van der Waals surface area contributed by atoms with E-state index in [1.54, 1.807) is 6.07 Å². The average molecular weight is 472 g/mol. The van der Waals surface area contributed by atoms with E-state index in [0.29, 0.717) is 29.7 Å². The monoisotopic (exact) mass is 471 g/mol. The number of rotatable bonds is 7. The average Bonchev–Trinajstić information content (AvgIpc) is 3.25. The Bertz CT molecular complexity index is 1490. The predicted molar refractivity (Wildman–Crippen MR) is 135 cm³/mol. The molecule has 7 nitrogen and oxygen atoms in total. The highest BCUT2D eigenvalue weighted by atomic mass is 35.5. The Morgan fingerprint density at radius 1 is 1.03 bits per heavy atom. The maximum Gasteiger partial charge on any atom is 0.216 e. The highest BCUT2D eigenvalue weighted by Gasteiger charge is 2.12. The summed E-state index contributed by atoms with van der Waals surface area (Å²) in [6.07, 6.45) is 3.45. The summed E-state index contributed by atoms with van der Waals surface area (Å²) in [6, 6.07) is 21.4. The minimum Gasteiger partial charge on any atom is -0.455 e. The van der Waals surface area contributed by atoms with Crippen molar-refractivity contribution in [1.82, 2.24) is 19.9 Å².